The molecule has 3 heterocycles. The minimum Gasteiger partial charge on any atom is -0.333 e. The van der Waals surface area contributed by atoms with Crippen molar-refractivity contribution in [2.24, 2.45) is 17.8 Å². The Labute approximate surface area is 195 Å². The van der Waals surface area contributed by atoms with E-state index in [1.165, 1.54) is 59.5 Å². The highest BCUT2D eigenvalue weighted by Crippen LogP contribution is 2.55. The van der Waals surface area contributed by atoms with Crippen molar-refractivity contribution >= 4 is 17.4 Å². The number of hydrogen-bond donors (Lipinski definition) is 2. The van der Waals surface area contributed by atoms with Gasteiger partial charge in [0, 0.05) is 41.5 Å². The van der Waals surface area contributed by atoms with E-state index in [9.17, 15) is 4.79 Å². The maximum atomic E-state index is 13.3. The Morgan fingerprint density at radius 2 is 1.81 bits per heavy atom. The van der Waals surface area contributed by atoms with Gasteiger partial charge in [0.05, 0.1) is 6.04 Å². The zero-order valence-electron chi connectivity index (χ0n) is 19.4. The van der Waals surface area contributed by atoms with E-state index in [1.807, 2.05) is 11.3 Å². The lowest BCUT2D eigenvalue weighted by Crippen LogP contribution is -2.61. The van der Waals surface area contributed by atoms with Gasteiger partial charge in [-0.2, -0.15) is 0 Å². The maximum Gasteiger partial charge on any atom is 0.315 e. The summed E-state index contributed by atoms with van der Waals surface area (Å²) in [7, 11) is 0. The number of carbonyl (C=O) groups excluding carboxylic acids is 1. The molecular formula is C26H36N4OS. The Morgan fingerprint density at radius 3 is 2.44 bits per heavy atom. The molecule has 5 nitrogen and oxygen atoms in total. The first-order valence-electron chi connectivity index (χ1n) is 12.6. The molecule has 0 saturated heterocycles. The van der Waals surface area contributed by atoms with Gasteiger partial charge in [-0.05, 0) is 93.9 Å². The SMILES string of the molecule is CCN1CCc2c(sc(-n3cccc3)c2[C@@H](C)NC(=O)NC23CC4CC(CC(C4)C2)C3)C1. The monoisotopic (exact) mass is 452 g/mol. The maximum absolute atomic E-state index is 13.3. The molecule has 5 aliphatic rings. The summed E-state index contributed by atoms with van der Waals surface area (Å²) in [6.45, 7) is 7.63. The van der Waals surface area contributed by atoms with Gasteiger partial charge in [-0.15, -0.1) is 11.3 Å². The van der Waals surface area contributed by atoms with Gasteiger partial charge in [0.15, 0.2) is 0 Å². The Morgan fingerprint density at radius 1 is 1.16 bits per heavy atom. The van der Waals surface area contributed by atoms with E-state index < -0.39 is 0 Å². The average Bonchev–Trinajstić information content (AvgIpc) is 3.39. The molecule has 172 valence electrons. The minimum atomic E-state index is -0.00510. The number of nitrogens with one attached hydrogen (secondary N) is 2. The van der Waals surface area contributed by atoms with Gasteiger partial charge in [0.25, 0.3) is 0 Å². The second-order valence-corrected chi connectivity index (χ2v) is 12.0. The van der Waals surface area contributed by atoms with Crippen molar-refractivity contribution in [1.82, 2.24) is 20.1 Å². The van der Waals surface area contributed by atoms with Crippen molar-refractivity contribution in [1.29, 1.82) is 0 Å². The molecule has 2 amide bonds. The number of hydrogen-bond acceptors (Lipinski definition) is 3. The van der Waals surface area contributed by atoms with E-state index in [0.29, 0.717) is 0 Å². The number of urea groups is 1. The Hall–Kier alpha value is -1.79. The van der Waals surface area contributed by atoms with Crippen LogP contribution in [0.5, 0.6) is 0 Å². The van der Waals surface area contributed by atoms with Gasteiger partial charge in [-0.1, -0.05) is 6.92 Å². The van der Waals surface area contributed by atoms with Crippen molar-refractivity contribution in [2.75, 3.05) is 13.1 Å². The minimum absolute atomic E-state index is 0.00510. The van der Waals surface area contributed by atoms with Gasteiger partial charge < -0.3 is 15.2 Å². The highest BCUT2D eigenvalue weighted by Gasteiger charge is 2.51. The Kier molecular flexibility index (Phi) is 5.14. The largest absolute Gasteiger partial charge is 0.333 e. The molecule has 2 N–H and O–H groups in total. The predicted molar refractivity (Wildman–Crippen MR) is 129 cm³/mol. The summed E-state index contributed by atoms with van der Waals surface area (Å²) < 4.78 is 2.23. The third-order valence-electron chi connectivity index (χ3n) is 8.64. The number of nitrogens with zero attached hydrogens (tertiary/aromatic N) is 2. The number of aromatic nitrogens is 1. The molecule has 7 rings (SSSR count). The molecule has 0 radical (unpaired) electrons. The highest BCUT2D eigenvalue weighted by molar-refractivity contribution is 7.15. The molecule has 4 fully saturated rings. The molecular weight excluding hydrogens is 416 g/mol. The van der Waals surface area contributed by atoms with Crippen LogP contribution < -0.4 is 10.6 Å². The lowest BCUT2D eigenvalue weighted by atomic mass is 9.53. The molecule has 0 spiro atoms. The second-order valence-electron chi connectivity index (χ2n) is 10.9. The van der Waals surface area contributed by atoms with Crippen LogP contribution in [0.2, 0.25) is 0 Å². The van der Waals surface area contributed by atoms with E-state index in [2.05, 4.69) is 58.5 Å². The van der Waals surface area contributed by atoms with Gasteiger partial charge >= 0.3 is 6.03 Å². The van der Waals surface area contributed by atoms with Crippen LogP contribution >= 0.6 is 11.3 Å². The molecule has 0 unspecified atom stereocenters. The average molecular weight is 453 g/mol. The van der Waals surface area contributed by atoms with Crippen LogP contribution in [0.1, 0.15) is 74.4 Å². The zero-order valence-corrected chi connectivity index (χ0v) is 20.2. The quantitative estimate of drug-likeness (QED) is 0.651. The smallest absolute Gasteiger partial charge is 0.315 e. The zero-order chi connectivity index (χ0) is 21.9. The number of amides is 2. The number of thiophene rings is 1. The molecule has 2 aromatic rings. The summed E-state index contributed by atoms with van der Waals surface area (Å²) in [4.78, 5) is 17.2. The van der Waals surface area contributed by atoms with E-state index in [-0.39, 0.29) is 17.6 Å². The summed E-state index contributed by atoms with van der Waals surface area (Å²) in [5, 5.41) is 8.14. The second kappa shape index (κ2) is 7.91. The van der Waals surface area contributed by atoms with Gasteiger partial charge in [-0.25, -0.2) is 4.79 Å². The number of carbonyl (C=O) groups is 1. The third kappa shape index (κ3) is 3.60. The molecule has 4 aliphatic carbocycles. The molecule has 32 heavy (non-hydrogen) atoms. The first-order chi connectivity index (χ1) is 15.5. The molecule has 0 aromatic carbocycles. The number of rotatable bonds is 5. The lowest BCUT2D eigenvalue weighted by molar-refractivity contribution is -0.0136. The summed E-state index contributed by atoms with van der Waals surface area (Å²) in [5.74, 6) is 2.51. The fourth-order valence-electron chi connectivity index (χ4n) is 7.65. The van der Waals surface area contributed by atoms with Gasteiger partial charge in [-0.3, -0.25) is 4.90 Å². The van der Waals surface area contributed by atoms with Crippen molar-refractivity contribution in [3.63, 3.8) is 0 Å². The fourth-order valence-corrected chi connectivity index (χ4v) is 9.11. The van der Waals surface area contributed by atoms with E-state index in [4.69, 9.17) is 0 Å². The van der Waals surface area contributed by atoms with Gasteiger partial charge in [0.1, 0.15) is 5.00 Å². The first-order valence-corrected chi connectivity index (χ1v) is 13.4. The standard InChI is InChI=1S/C26H36N4OS/c1-3-29-9-6-21-22(16-29)32-24(30-7-4-5-8-30)23(21)17(2)27-25(31)28-26-13-18-10-19(14-26)12-20(11-18)15-26/h4-5,7-8,17-20H,3,6,9-16H2,1-2H3,(H2,27,28,31)/t17-,18?,19?,20?,26?/m1/s1. The molecule has 2 aromatic heterocycles. The summed E-state index contributed by atoms with van der Waals surface area (Å²) in [5.41, 5.74) is 2.83. The molecule has 4 bridgehead atoms. The fraction of sp³-hybridized carbons (Fsp3) is 0.654. The molecule has 6 heteroatoms. The van der Waals surface area contributed by atoms with Crippen LogP contribution in [0.15, 0.2) is 24.5 Å². The number of fused-ring (bicyclic) bond motifs is 1. The van der Waals surface area contributed by atoms with Crippen LogP contribution in [-0.4, -0.2) is 34.1 Å². The number of likely N-dealkylation sites (N-methyl/N-ethyl adjacent to an activating group) is 1. The van der Waals surface area contributed by atoms with Crippen molar-refractivity contribution in [3.05, 3.63) is 40.5 Å². The summed E-state index contributed by atoms with van der Waals surface area (Å²) in [6, 6.07) is 4.19. The predicted octanol–water partition coefficient (Wildman–Crippen LogP) is 5.25. The van der Waals surface area contributed by atoms with Crippen LogP contribution in [-0.2, 0) is 13.0 Å². The van der Waals surface area contributed by atoms with Crippen LogP contribution in [0, 0.1) is 17.8 Å². The van der Waals surface area contributed by atoms with Crippen molar-refractivity contribution in [3.8, 4) is 5.00 Å². The summed E-state index contributed by atoms with van der Waals surface area (Å²) >= 11 is 1.90. The normalized spacial score (nSPS) is 32.0. The Balaban J connectivity index is 1.23. The van der Waals surface area contributed by atoms with Crippen molar-refractivity contribution in [2.45, 2.75) is 76.9 Å². The van der Waals surface area contributed by atoms with E-state index >= 15 is 0 Å². The molecule has 4 saturated carbocycles. The van der Waals surface area contributed by atoms with Crippen LogP contribution in [0.3, 0.4) is 0 Å². The van der Waals surface area contributed by atoms with Crippen LogP contribution in [0.25, 0.3) is 5.00 Å². The molecule has 1 aliphatic heterocycles. The third-order valence-corrected chi connectivity index (χ3v) is 9.89. The van der Waals surface area contributed by atoms with E-state index in [0.717, 1.165) is 43.8 Å². The van der Waals surface area contributed by atoms with E-state index in [1.54, 1.807) is 0 Å². The van der Waals surface area contributed by atoms with Gasteiger partial charge in [0.2, 0.25) is 0 Å². The highest BCUT2D eigenvalue weighted by atomic mass is 32.1. The van der Waals surface area contributed by atoms with Crippen LogP contribution in [0.4, 0.5) is 4.79 Å². The lowest BCUT2D eigenvalue weighted by Gasteiger charge is -2.56. The van der Waals surface area contributed by atoms with Crippen molar-refractivity contribution < 1.29 is 4.79 Å². The Bertz CT molecular complexity index is 959. The first kappa shape index (κ1) is 20.8. The molecule has 1 atom stereocenters. The topological polar surface area (TPSA) is 49.3 Å². The summed E-state index contributed by atoms with van der Waals surface area (Å²) in [6.07, 6.45) is 13.1.